The van der Waals surface area contributed by atoms with Crippen LogP contribution in [-0.4, -0.2) is 11.1 Å². The highest BCUT2D eigenvalue weighted by molar-refractivity contribution is 9.10. The normalized spacial score (nSPS) is 10.1. The highest BCUT2D eigenvalue weighted by Crippen LogP contribution is 2.31. The molecule has 5 heteroatoms. The third kappa shape index (κ3) is 2.91. The molecular formula is C13H8Br2O3. The Morgan fingerprint density at radius 3 is 2.39 bits per heavy atom. The fraction of sp³-hybridized carbons (Fsp3) is 0. The third-order valence-corrected chi connectivity index (χ3v) is 3.55. The summed E-state index contributed by atoms with van der Waals surface area (Å²) in [5.74, 6) is 0.264. The Morgan fingerprint density at radius 2 is 1.78 bits per heavy atom. The van der Waals surface area contributed by atoms with Gasteiger partial charge in [0.2, 0.25) is 0 Å². The summed E-state index contributed by atoms with van der Waals surface area (Å²) in [5.41, 5.74) is 0.203. The minimum Gasteiger partial charge on any atom is -0.478 e. The molecule has 0 aliphatic rings. The molecule has 0 aromatic heterocycles. The van der Waals surface area contributed by atoms with Gasteiger partial charge in [-0.1, -0.05) is 12.1 Å². The summed E-state index contributed by atoms with van der Waals surface area (Å²) in [6.07, 6.45) is 0. The van der Waals surface area contributed by atoms with Gasteiger partial charge in [-0.3, -0.25) is 0 Å². The number of rotatable bonds is 3. The Bertz CT molecular complexity index is 597. The van der Waals surface area contributed by atoms with Gasteiger partial charge in [0.1, 0.15) is 11.5 Å². The molecule has 1 N–H and O–H groups in total. The van der Waals surface area contributed by atoms with Crippen LogP contribution in [0.1, 0.15) is 10.4 Å². The smallest absolute Gasteiger partial charge is 0.336 e. The molecule has 0 saturated carbocycles. The maximum Gasteiger partial charge on any atom is 0.336 e. The molecule has 0 unspecified atom stereocenters. The first-order chi connectivity index (χ1) is 8.58. The summed E-state index contributed by atoms with van der Waals surface area (Å²) in [7, 11) is 0. The lowest BCUT2D eigenvalue weighted by molar-refractivity contribution is 0.0696. The van der Waals surface area contributed by atoms with Crippen molar-refractivity contribution in [1.29, 1.82) is 0 Å². The van der Waals surface area contributed by atoms with Crippen molar-refractivity contribution in [3.8, 4) is 11.5 Å². The van der Waals surface area contributed by atoms with Crippen molar-refractivity contribution in [3.63, 3.8) is 0 Å². The standard InChI is InChI=1S/C13H8Br2O3/c14-10-3-1-2-4-12(10)18-8-5-6-9(13(16)17)11(15)7-8/h1-7H,(H,16,17). The van der Waals surface area contributed by atoms with E-state index in [1.54, 1.807) is 12.1 Å². The first-order valence-electron chi connectivity index (χ1n) is 5.03. The molecule has 0 fully saturated rings. The molecule has 0 aliphatic heterocycles. The van der Waals surface area contributed by atoms with Gasteiger partial charge >= 0.3 is 5.97 Å². The monoisotopic (exact) mass is 370 g/mol. The molecule has 18 heavy (non-hydrogen) atoms. The van der Waals surface area contributed by atoms with E-state index in [4.69, 9.17) is 9.84 Å². The van der Waals surface area contributed by atoms with Crippen LogP contribution in [0.3, 0.4) is 0 Å². The van der Waals surface area contributed by atoms with E-state index in [2.05, 4.69) is 31.9 Å². The van der Waals surface area contributed by atoms with Crippen molar-refractivity contribution in [2.45, 2.75) is 0 Å². The zero-order valence-corrected chi connectivity index (χ0v) is 12.2. The Kier molecular flexibility index (Phi) is 4.04. The van der Waals surface area contributed by atoms with E-state index in [1.807, 2.05) is 24.3 Å². The maximum absolute atomic E-state index is 10.9. The number of carboxylic acids is 1. The van der Waals surface area contributed by atoms with Crippen LogP contribution in [-0.2, 0) is 0 Å². The predicted molar refractivity (Wildman–Crippen MR) is 75.3 cm³/mol. The highest BCUT2D eigenvalue weighted by Gasteiger charge is 2.10. The lowest BCUT2D eigenvalue weighted by atomic mass is 10.2. The largest absolute Gasteiger partial charge is 0.478 e. The van der Waals surface area contributed by atoms with Gasteiger partial charge in [0.25, 0.3) is 0 Å². The molecule has 92 valence electrons. The average molecular weight is 372 g/mol. The minimum atomic E-state index is -0.977. The van der Waals surface area contributed by atoms with Crippen LogP contribution < -0.4 is 4.74 Å². The molecule has 0 heterocycles. The summed E-state index contributed by atoms with van der Waals surface area (Å²) in [4.78, 5) is 10.9. The first-order valence-corrected chi connectivity index (χ1v) is 6.62. The van der Waals surface area contributed by atoms with Gasteiger partial charge < -0.3 is 9.84 Å². The zero-order valence-electron chi connectivity index (χ0n) is 9.06. The second-order valence-corrected chi connectivity index (χ2v) is 5.19. The number of benzene rings is 2. The van der Waals surface area contributed by atoms with Crippen LogP contribution in [0.15, 0.2) is 51.4 Å². The second-order valence-electron chi connectivity index (χ2n) is 3.48. The number of carboxylic acid groups (broad SMARTS) is 1. The van der Waals surface area contributed by atoms with Crippen molar-refractivity contribution in [3.05, 3.63) is 57.0 Å². The summed E-state index contributed by atoms with van der Waals surface area (Å²) in [6.45, 7) is 0. The fourth-order valence-electron chi connectivity index (χ4n) is 1.39. The first kappa shape index (κ1) is 13.1. The molecular weight excluding hydrogens is 364 g/mol. The van der Waals surface area contributed by atoms with E-state index in [9.17, 15) is 4.79 Å². The van der Waals surface area contributed by atoms with Crippen LogP contribution >= 0.6 is 31.9 Å². The SMILES string of the molecule is O=C(O)c1ccc(Oc2ccccc2Br)cc1Br. The Labute approximate surface area is 121 Å². The van der Waals surface area contributed by atoms with E-state index in [1.165, 1.54) is 6.07 Å². The number of aromatic carboxylic acids is 1. The summed E-state index contributed by atoms with van der Waals surface area (Å²) < 4.78 is 6.98. The quantitative estimate of drug-likeness (QED) is 0.850. The van der Waals surface area contributed by atoms with E-state index < -0.39 is 5.97 Å². The second kappa shape index (κ2) is 5.54. The van der Waals surface area contributed by atoms with Gasteiger partial charge in [-0.05, 0) is 62.2 Å². The topological polar surface area (TPSA) is 46.5 Å². The summed E-state index contributed by atoms with van der Waals surface area (Å²) >= 11 is 6.59. The lowest BCUT2D eigenvalue weighted by Gasteiger charge is -2.08. The molecule has 0 radical (unpaired) electrons. The molecule has 0 spiro atoms. The molecule has 2 aromatic carbocycles. The predicted octanol–water partition coefficient (Wildman–Crippen LogP) is 4.70. The molecule has 0 aliphatic carbocycles. The van der Waals surface area contributed by atoms with Gasteiger partial charge in [-0.15, -0.1) is 0 Å². The number of halogens is 2. The van der Waals surface area contributed by atoms with Crippen LogP contribution in [0.25, 0.3) is 0 Å². The van der Waals surface area contributed by atoms with E-state index in [-0.39, 0.29) is 5.56 Å². The average Bonchev–Trinajstić information content (AvgIpc) is 2.32. The van der Waals surface area contributed by atoms with Crippen molar-refractivity contribution < 1.29 is 14.6 Å². The van der Waals surface area contributed by atoms with Gasteiger partial charge in [0.15, 0.2) is 0 Å². The number of hydrogen-bond donors (Lipinski definition) is 1. The van der Waals surface area contributed by atoms with E-state index in [0.717, 1.165) is 4.47 Å². The Morgan fingerprint density at radius 1 is 1.06 bits per heavy atom. The molecule has 0 amide bonds. The lowest BCUT2D eigenvalue weighted by Crippen LogP contribution is -1.97. The number of carbonyl (C=O) groups is 1. The maximum atomic E-state index is 10.9. The van der Waals surface area contributed by atoms with Gasteiger partial charge in [0.05, 0.1) is 10.0 Å². The van der Waals surface area contributed by atoms with Crippen molar-refractivity contribution in [1.82, 2.24) is 0 Å². The molecule has 0 saturated heterocycles. The number of ether oxygens (including phenoxy) is 1. The Balaban J connectivity index is 2.29. The van der Waals surface area contributed by atoms with Crippen molar-refractivity contribution in [2.75, 3.05) is 0 Å². The third-order valence-electron chi connectivity index (χ3n) is 2.24. The Hall–Kier alpha value is -1.33. The number of para-hydroxylation sites is 1. The molecule has 2 rings (SSSR count). The van der Waals surface area contributed by atoms with Crippen LogP contribution in [0.2, 0.25) is 0 Å². The van der Waals surface area contributed by atoms with E-state index >= 15 is 0 Å². The number of hydrogen-bond acceptors (Lipinski definition) is 2. The zero-order chi connectivity index (χ0) is 13.1. The van der Waals surface area contributed by atoms with Crippen molar-refractivity contribution in [2.24, 2.45) is 0 Å². The van der Waals surface area contributed by atoms with Crippen LogP contribution in [0, 0.1) is 0 Å². The molecule has 0 atom stereocenters. The fourth-order valence-corrected chi connectivity index (χ4v) is 2.28. The minimum absolute atomic E-state index is 0.203. The van der Waals surface area contributed by atoms with Crippen LogP contribution in [0.5, 0.6) is 11.5 Å². The molecule has 3 nitrogen and oxygen atoms in total. The van der Waals surface area contributed by atoms with E-state index in [0.29, 0.717) is 16.0 Å². The van der Waals surface area contributed by atoms with Gasteiger partial charge in [-0.25, -0.2) is 4.79 Å². The van der Waals surface area contributed by atoms with Crippen molar-refractivity contribution >= 4 is 37.8 Å². The highest BCUT2D eigenvalue weighted by atomic mass is 79.9. The molecule has 0 bridgehead atoms. The summed E-state index contributed by atoms with van der Waals surface area (Å²) in [6, 6.07) is 12.2. The van der Waals surface area contributed by atoms with Crippen LogP contribution in [0.4, 0.5) is 0 Å². The van der Waals surface area contributed by atoms with Gasteiger partial charge in [-0.2, -0.15) is 0 Å². The van der Waals surface area contributed by atoms with Gasteiger partial charge in [0, 0.05) is 4.47 Å². The molecule has 2 aromatic rings. The summed E-state index contributed by atoms with van der Waals surface area (Å²) in [5, 5.41) is 8.91.